The van der Waals surface area contributed by atoms with Crippen molar-refractivity contribution in [2.75, 3.05) is 0 Å². The lowest BCUT2D eigenvalue weighted by atomic mass is 9.73. The first-order valence-corrected chi connectivity index (χ1v) is 13.5. The molecule has 0 atom stereocenters. The maximum Gasteiger partial charge on any atom is 0.150 e. The number of aromatic hydroxyl groups is 2. The monoisotopic (exact) mass is 542 g/mol. The average Bonchev–Trinajstić information content (AvgIpc) is 3.01. The van der Waals surface area contributed by atoms with E-state index in [9.17, 15) is 10.2 Å². The van der Waals surface area contributed by atoms with Gasteiger partial charge in [-0.25, -0.2) is 0 Å². The summed E-state index contributed by atoms with van der Waals surface area (Å²) in [6, 6.07) is 12.1. The lowest BCUT2D eigenvalue weighted by Gasteiger charge is -2.25. The second kappa shape index (κ2) is 12.3. The van der Waals surface area contributed by atoms with Crippen molar-refractivity contribution in [2.45, 2.75) is 13.8 Å². The second-order valence-corrected chi connectivity index (χ2v) is 9.81. The molecule has 202 valence electrons. The van der Waals surface area contributed by atoms with E-state index in [2.05, 4.69) is 45.0 Å². The van der Waals surface area contributed by atoms with Gasteiger partial charge >= 0.3 is 0 Å². The number of benzene rings is 4. The van der Waals surface area contributed by atoms with E-state index in [0.717, 1.165) is 60.9 Å². The van der Waals surface area contributed by atoms with Gasteiger partial charge in [0.25, 0.3) is 0 Å². The first-order chi connectivity index (χ1) is 20.2. The Morgan fingerprint density at radius 3 is 1.79 bits per heavy atom. The fourth-order valence-corrected chi connectivity index (χ4v) is 5.76. The first kappa shape index (κ1) is 30.0. The molecule has 0 saturated heterocycles. The van der Waals surface area contributed by atoms with Crippen LogP contribution < -0.4 is 10.9 Å². The van der Waals surface area contributed by atoms with E-state index < -0.39 is 11.5 Å². The quantitative estimate of drug-likeness (QED) is 0.127. The molecule has 0 fully saturated rings. The highest BCUT2D eigenvalue weighted by atomic mass is 16.3. The third kappa shape index (κ3) is 4.69. The van der Waals surface area contributed by atoms with Crippen molar-refractivity contribution in [2.24, 2.45) is 0 Å². The van der Waals surface area contributed by atoms with E-state index in [1.54, 1.807) is 25.2 Å². The van der Waals surface area contributed by atoms with E-state index in [1.807, 2.05) is 61.6 Å². The first-order valence-electron chi connectivity index (χ1n) is 13.5. The Balaban J connectivity index is 2.25. The van der Waals surface area contributed by atoms with E-state index in [4.69, 9.17) is 15.7 Å². The van der Waals surface area contributed by atoms with Crippen LogP contribution in [0.25, 0.3) is 62.9 Å². The van der Waals surface area contributed by atoms with Crippen LogP contribution in [0.1, 0.15) is 40.3 Å². The molecular formula is C38H32B2O2. The number of phenolic OH excluding ortho intramolecular Hbond substituents is 2. The van der Waals surface area contributed by atoms with Crippen LogP contribution >= 0.6 is 0 Å². The lowest BCUT2D eigenvalue weighted by Crippen LogP contribution is -2.20. The predicted molar refractivity (Wildman–Crippen MR) is 187 cm³/mol. The van der Waals surface area contributed by atoms with Gasteiger partial charge in [-0.1, -0.05) is 118 Å². The summed E-state index contributed by atoms with van der Waals surface area (Å²) in [6.45, 7) is 24.3. The summed E-state index contributed by atoms with van der Waals surface area (Å²) in [6.07, 6.45) is 15.0. The van der Waals surface area contributed by atoms with Gasteiger partial charge in [-0.05, 0) is 96.8 Å². The molecule has 4 aromatic carbocycles. The van der Waals surface area contributed by atoms with Gasteiger partial charge in [0.1, 0.15) is 27.2 Å². The van der Waals surface area contributed by atoms with Crippen LogP contribution in [0.4, 0.5) is 0 Å². The van der Waals surface area contributed by atoms with Gasteiger partial charge in [0.2, 0.25) is 0 Å². The van der Waals surface area contributed by atoms with Gasteiger partial charge in [-0.2, -0.15) is 0 Å². The zero-order valence-electron chi connectivity index (χ0n) is 24.2. The second-order valence-electron chi connectivity index (χ2n) is 9.81. The molecule has 4 heteroatoms. The van der Waals surface area contributed by atoms with Crippen molar-refractivity contribution >= 4 is 67.3 Å². The maximum atomic E-state index is 10.7. The highest BCUT2D eigenvalue weighted by Gasteiger charge is 2.25. The number of rotatable bonds is 9. The highest BCUT2D eigenvalue weighted by Crippen LogP contribution is 2.46. The van der Waals surface area contributed by atoms with Crippen molar-refractivity contribution < 1.29 is 10.2 Å². The largest absolute Gasteiger partial charge is 0.505 e. The van der Waals surface area contributed by atoms with Crippen LogP contribution in [-0.2, 0) is 0 Å². The normalized spacial score (nSPS) is 11.5. The zero-order chi connectivity index (χ0) is 30.7. The van der Waals surface area contributed by atoms with E-state index in [0.29, 0.717) is 11.1 Å². The van der Waals surface area contributed by atoms with Gasteiger partial charge < -0.3 is 10.2 Å². The molecule has 0 aliphatic rings. The van der Waals surface area contributed by atoms with Crippen molar-refractivity contribution in [3.63, 3.8) is 0 Å². The summed E-state index contributed by atoms with van der Waals surface area (Å²) in [7, 11) is 12.7. The Kier molecular flexibility index (Phi) is 8.78. The van der Waals surface area contributed by atoms with Crippen LogP contribution in [0.5, 0.6) is 11.5 Å². The van der Waals surface area contributed by atoms with Crippen molar-refractivity contribution in [1.82, 2.24) is 0 Å². The highest BCUT2D eigenvalue weighted by molar-refractivity contribution is 6.43. The summed E-state index contributed by atoms with van der Waals surface area (Å²) < 4.78 is 0. The van der Waals surface area contributed by atoms with Crippen LogP contribution in [0.3, 0.4) is 0 Å². The van der Waals surface area contributed by atoms with Gasteiger partial charge in [0.05, 0.1) is 0 Å². The third-order valence-corrected chi connectivity index (χ3v) is 7.66. The smallest absolute Gasteiger partial charge is 0.150 e. The lowest BCUT2D eigenvalue weighted by molar-refractivity contribution is 0.409. The molecule has 0 aromatic heterocycles. The SMILES string of the molecule is [B]c1c(C)c(-c2c(C=C)c(C=C)c(-c3ccc(C(/C=C\C)=C/C=C)c(C=C)c3C=C)c3ccccc23)c([B])c(O)c1O. The van der Waals surface area contributed by atoms with Gasteiger partial charge in [-0.15, -0.1) is 0 Å². The molecule has 0 amide bonds. The van der Waals surface area contributed by atoms with E-state index in [-0.39, 0.29) is 10.9 Å². The molecule has 2 nitrogen and oxygen atoms in total. The minimum atomic E-state index is -0.457. The van der Waals surface area contributed by atoms with Crippen molar-refractivity contribution in [1.29, 1.82) is 0 Å². The number of fused-ring (bicyclic) bond motifs is 1. The van der Waals surface area contributed by atoms with Gasteiger partial charge in [0.15, 0.2) is 0 Å². The molecule has 2 N–H and O–H groups in total. The molecule has 0 spiro atoms. The summed E-state index contributed by atoms with van der Waals surface area (Å²) in [4.78, 5) is 0. The molecular weight excluding hydrogens is 510 g/mol. The Morgan fingerprint density at radius 2 is 1.24 bits per heavy atom. The standard InChI is InChI=1S/C38H32B2O2/c1-8-16-23(17-9-2)28-20-21-31(25(11-4)24(28)10-3)33-26(12-5)27(13-6)34(30-19-15-14-18-29(30)33)32-22(7)35(39)37(41)38(42)36(32)40/h8-21,41-42H,1,3-6H2,2,7H3/b17-9-,23-16+. The number of hydrogen-bond donors (Lipinski definition) is 2. The molecule has 4 rings (SSSR count). The molecule has 0 aliphatic heterocycles. The summed E-state index contributed by atoms with van der Waals surface area (Å²) in [5.41, 5.74) is 9.24. The van der Waals surface area contributed by atoms with E-state index >= 15 is 0 Å². The van der Waals surface area contributed by atoms with Crippen LogP contribution in [0.15, 0.2) is 93.6 Å². The molecule has 0 aliphatic carbocycles. The number of hydrogen-bond acceptors (Lipinski definition) is 2. The molecule has 4 aromatic rings. The summed E-state index contributed by atoms with van der Waals surface area (Å²) >= 11 is 0. The summed E-state index contributed by atoms with van der Waals surface area (Å²) in [5, 5.41) is 22.9. The van der Waals surface area contributed by atoms with Gasteiger partial charge in [-0.3, -0.25) is 0 Å². The Labute approximate surface area is 251 Å². The average molecular weight is 542 g/mol. The molecule has 0 unspecified atom stereocenters. The number of phenols is 2. The molecule has 0 saturated carbocycles. The molecule has 42 heavy (non-hydrogen) atoms. The Hall–Kier alpha value is -4.95. The van der Waals surface area contributed by atoms with Crippen molar-refractivity contribution in [3.8, 4) is 33.8 Å². The van der Waals surface area contributed by atoms with Crippen LogP contribution in [0.2, 0.25) is 0 Å². The fourth-order valence-electron chi connectivity index (χ4n) is 5.76. The number of allylic oxidation sites excluding steroid dienone is 5. The minimum Gasteiger partial charge on any atom is -0.505 e. The molecule has 0 heterocycles. The topological polar surface area (TPSA) is 40.5 Å². The zero-order valence-corrected chi connectivity index (χ0v) is 24.2. The van der Waals surface area contributed by atoms with E-state index in [1.165, 1.54) is 0 Å². The summed E-state index contributed by atoms with van der Waals surface area (Å²) in [5.74, 6) is -0.893. The molecule has 0 bridgehead atoms. The minimum absolute atomic E-state index is 0.0332. The Bertz CT molecular complexity index is 1840. The predicted octanol–water partition coefficient (Wildman–Crippen LogP) is 8.20. The van der Waals surface area contributed by atoms with Gasteiger partial charge in [0, 0.05) is 0 Å². The Morgan fingerprint density at radius 1 is 0.690 bits per heavy atom. The third-order valence-electron chi connectivity index (χ3n) is 7.66. The van der Waals surface area contributed by atoms with Crippen LogP contribution in [-0.4, -0.2) is 25.9 Å². The maximum absolute atomic E-state index is 10.7. The fraction of sp³-hybridized carbons (Fsp3) is 0.0526. The van der Waals surface area contributed by atoms with Crippen LogP contribution in [0, 0.1) is 6.92 Å². The van der Waals surface area contributed by atoms with Crippen molar-refractivity contribution in [3.05, 3.63) is 127 Å². The molecule has 4 radical (unpaired) electrons.